The molecule has 3 N–H and O–H groups in total. The molecule has 2 rings (SSSR count). The number of nitrogens with two attached hydrogens (primary N) is 1. The molecule has 0 bridgehead atoms. The highest BCUT2D eigenvalue weighted by Crippen LogP contribution is 2.21. The van der Waals surface area contributed by atoms with Gasteiger partial charge in [-0.2, -0.15) is 0 Å². The second kappa shape index (κ2) is 4.25. The van der Waals surface area contributed by atoms with Gasteiger partial charge in [0.05, 0.1) is 12.1 Å². The number of hydrogen-bond acceptors (Lipinski definition) is 5. The van der Waals surface area contributed by atoms with Crippen LogP contribution in [0.2, 0.25) is 0 Å². The van der Waals surface area contributed by atoms with Crippen molar-refractivity contribution in [2.75, 3.05) is 18.9 Å². The summed E-state index contributed by atoms with van der Waals surface area (Å²) in [4.78, 5) is 3.88. The van der Waals surface area contributed by atoms with Crippen molar-refractivity contribution in [3.8, 4) is 0 Å². The molecule has 0 saturated carbocycles. The van der Waals surface area contributed by atoms with Gasteiger partial charge in [0.2, 0.25) is 10.0 Å². The number of rotatable bonds is 3. The largest absolute Gasteiger partial charge is 0.384 e. The van der Waals surface area contributed by atoms with Crippen molar-refractivity contribution in [2.24, 2.45) is 0 Å². The Kier molecular flexibility index (Phi) is 3.07. The predicted octanol–water partition coefficient (Wildman–Crippen LogP) is 0.121. The third-order valence-electron chi connectivity index (χ3n) is 2.67. The zero-order valence-electron chi connectivity index (χ0n) is 9.51. The van der Waals surface area contributed by atoms with Gasteiger partial charge in [0.25, 0.3) is 0 Å². The maximum absolute atomic E-state index is 12.1. The van der Waals surface area contributed by atoms with Crippen LogP contribution in [0.5, 0.6) is 0 Å². The van der Waals surface area contributed by atoms with E-state index in [0.717, 1.165) is 0 Å². The average molecular weight is 257 g/mol. The minimum Gasteiger partial charge on any atom is -0.384 e. The monoisotopic (exact) mass is 257 g/mol. The number of anilines is 1. The van der Waals surface area contributed by atoms with E-state index in [9.17, 15) is 8.42 Å². The number of sulfonamides is 1. The summed E-state index contributed by atoms with van der Waals surface area (Å²) < 4.78 is 31.9. The molecular weight excluding hydrogens is 242 g/mol. The maximum Gasteiger partial charge on any atom is 0.242 e. The van der Waals surface area contributed by atoms with Crippen LogP contribution in [0.25, 0.3) is 0 Å². The van der Waals surface area contributed by atoms with E-state index in [1.165, 1.54) is 18.3 Å². The maximum atomic E-state index is 12.1. The van der Waals surface area contributed by atoms with Crippen LogP contribution in [0.1, 0.15) is 13.3 Å². The molecule has 1 fully saturated rings. The Hall–Kier alpha value is -1.18. The number of hydrogen-bond donors (Lipinski definition) is 2. The summed E-state index contributed by atoms with van der Waals surface area (Å²) >= 11 is 0. The van der Waals surface area contributed by atoms with Gasteiger partial charge in [-0.25, -0.2) is 18.1 Å². The van der Waals surface area contributed by atoms with Gasteiger partial charge in [0.15, 0.2) is 0 Å². The van der Waals surface area contributed by atoms with Gasteiger partial charge in [-0.3, -0.25) is 0 Å². The first-order chi connectivity index (χ1) is 7.91. The molecule has 17 heavy (non-hydrogen) atoms. The molecule has 0 amide bonds. The van der Waals surface area contributed by atoms with Crippen LogP contribution < -0.4 is 10.5 Å². The van der Waals surface area contributed by atoms with Crippen molar-refractivity contribution in [1.82, 2.24) is 9.71 Å². The lowest BCUT2D eigenvalue weighted by Crippen LogP contribution is -2.46. The number of aromatic nitrogens is 1. The summed E-state index contributed by atoms with van der Waals surface area (Å²) in [5.74, 6) is 0.291. The fraction of sp³-hybridized carbons (Fsp3) is 0.500. The standard InChI is InChI=1S/C10H15N3O3S/c1-10(4-5-16-7-10)13-17(14,15)8-2-3-9(11)12-6-8/h2-3,6,13H,4-5,7H2,1H3,(H2,11,12). The minimum atomic E-state index is -3.57. The summed E-state index contributed by atoms with van der Waals surface area (Å²) in [5.41, 5.74) is 4.87. The van der Waals surface area contributed by atoms with Crippen molar-refractivity contribution in [3.05, 3.63) is 18.3 Å². The normalized spacial score (nSPS) is 25.0. The molecule has 2 heterocycles. The third kappa shape index (κ3) is 2.74. The summed E-state index contributed by atoms with van der Waals surface area (Å²) in [6, 6.07) is 2.89. The van der Waals surface area contributed by atoms with E-state index >= 15 is 0 Å². The number of ether oxygens (including phenoxy) is 1. The molecule has 1 saturated heterocycles. The van der Waals surface area contributed by atoms with Crippen molar-refractivity contribution in [2.45, 2.75) is 23.8 Å². The molecule has 0 spiro atoms. The van der Waals surface area contributed by atoms with Gasteiger partial charge < -0.3 is 10.5 Å². The molecule has 7 heteroatoms. The predicted molar refractivity (Wildman–Crippen MR) is 62.8 cm³/mol. The molecule has 1 unspecified atom stereocenters. The molecule has 6 nitrogen and oxygen atoms in total. The van der Waals surface area contributed by atoms with Crippen molar-refractivity contribution >= 4 is 15.8 Å². The van der Waals surface area contributed by atoms with Crippen molar-refractivity contribution in [3.63, 3.8) is 0 Å². The highest BCUT2D eigenvalue weighted by molar-refractivity contribution is 7.89. The van der Waals surface area contributed by atoms with Gasteiger partial charge >= 0.3 is 0 Å². The Morgan fingerprint density at radius 3 is 2.82 bits per heavy atom. The summed E-state index contributed by atoms with van der Waals surface area (Å²) in [5, 5.41) is 0. The lowest BCUT2D eigenvalue weighted by atomic mass is 10.0. The van der Waals surface area contributed by atoms with Crippen molar-refractivity contribution in [1.29, 1.82) is 0 Å². The molecule has 0 radical (unpaired) electrons. The molecule has 1 atom stereocenters. The fourth-order valence-corrected chi connectivity index (χ4v) is 3.05. The Morgan fingerprint density at radius 2 is 2.29 bits per heavy atom. The van der Waals surface area contributed by atoms with E-state index in [2.05, 4.69) is 9.71 Å². The van der Waals surface area contributed by atoms with Gasteiger partial charge in [-0.15, -0.1) is 0 Å². The van der Waals surface area contributed by atoms with Gasteiger partial charge in [-0.05, 0) is 25.5 Å². The Labute approximate surface area is 100 Å². The van der Waals surface area contributed by atoms with E-state index in [-0.39, 0.29) is 4.90 Å². The molecule has 1 aliphatic rings. The van der Waals surface area contributed by atoms with Gasteiger partial charge in [0.1, 0.15) is 10.7 Å². The van der Waals surface area contributed by atoms with Gasteiger partial charge in [0, 0.05) is 12.8 Å². The van der Waals surface area contributed by atoms with E-state index in [4.69, 9.17) is 10.5 Å². The molecule has 1 aromatic heterocycles. The number of nitrogens with zero attached hydrogens (tertiary/aromatic N) is 1. The number of nitrogen functional groups attached to an aromatic ring is 1. The smallest absolute Gasteiger partial charge is 0.242 e. The van der Waals surface area contributed by atoms with E-state index in [1.807, 2.05) is 6.92 Å². The first-order valence-corrected chi connectivity index (χ1v) is 6.73. The highest BCUT2D eigenvalue weighted by Gasteiger charge is 2.34. The van der Waals surface area contributed by atoms with Crippen LogP contribution in [0.4, 0.5) is 5.82 Å². The van der Waals surface area contributed by atoms with E-state index in [0.29, 0.717) is 25.5 Å². The first-order valence-electron chi connectivity index (χ1n) is 5.25. The molecule has 94 valence electrons. The van der Waals surface area contributed by atoms with Crippen LogP contribution in [0.3, 0.4) is 0 Å². The summed E-state index contributed by atoms with van der Waals surface area (Å²) in [6.45, 7) is 2.77. The Morgan fingerprint density at radius 1 is 1.53 bits per heavy atom. The topological polar surface area (TPSA) is 94.3 Å². The van der Waals surface area contributed by atoms with Crippen LogP contribution in [-0.2, 0) is 14.8 Å². The number of pyridine rings is 1. The molecule has 0 aliphatic carbocycles. The quantitative estimate of drug-likeness (QED) is 0.802. The van der Waals surface area contributed by atoms with Crippen LogP contribution in [-0.4, -0.2) is 32.2 Å². The molecule has 1 aliphatic heterocycles. The Balaban J connectivity index is 2.22. The summed E-state index contributed by atoms with van der Waals surface area (Å²) in [7, 11) is -3.57. The fourth-order valence-electron chi connectivity index (χ4n) is 1.68. The Bertz CT molecular complexity index is 492. The minimum absolute atomic E-state index is 0.111. The second-order valence-corrected chi connectivity index (χ2v) is 6.07. The third-order valence-corrected chi connectivity index (χ3v) is 4.29. The van der Waals surface area contributed by atoms with E-state index in [1.54, 1.807) is 0 Å². The first kappa shape index (κ1) is 12.3. The van der Waals surface area contributed by atoms with Crippen LogP contribution >= 0.6 is 0 Å². The summed E-state index contributed by atoms with van der Waals surface area (Å²) in [6.07, 6.45) is 1.91. The van der Waals surface area contributed by atoms with E-state index < -0.39 is 15.6 Å². The van der Waals surface area contributed by atoms with Crippen LogP contribution in [0, 0.1) is 0 Å². The SMILES string of the molecule is CC1(NS(=O)(=O)c2ccc(N)nc2)CCOC1. The average Bonchev–Trinajstić information content (AvgIpc) is 2.64. The lowest BCUT2D eigenvalue weighted by molar-refractivity contribution is 0.178. The number of nitrogens with one attached hydrogen (secondary N) is 1. The molecule has 1 aromatic rings. The molecule has 0 aromatic carbocycles. The van der Waals surface area contributed by atoms with Crippen molar-refractivity contribution < 1.29 is 13.2 Å². The zero-order valence-corrected chi connectivity index (χ0v) is 10.3. The highest BCUT2D eigenvalue weighted by atomic mass is 32.2. The second-order valence-electron chi connectivity index (χ2n) is 4.39. The lowest BCUT2D eigenvalue weighted by Gasteiger charge is -2.23. The molecular formula is C10H15N3O3S. The zero-order chi connectivity index (χ0) is 12.5. The van der Waals surface area contributed by atoms with Gasteiger partial charge in [-0.1, -0.05) is 0 Å². The van der Waals surface area contributed by atoms with Crippen LogP contribution in [0.15, 0.2) is 23.2 Å².